The molecular formula is C7H3Br2N3S. The third kappa shape index (κ3) is 2.12. The van der Waals surface area contributed by atoms with Gasteiger partial charge in [0.05, 0.1) is 0 Å². The molecule has 0 aromatic carbocycles. The summed E-state index contributed by atoms with van der Waals surface area (Å²) in [5.41, 5.74) is 0.839. The number of rotatable bonds is 1. The first-order valence-corrected chi connectivity index (χ1v) is 5.77. The summed E-state index contributed by atoms with van der Waals surface area (Å²) in [6, 6.07) is 3.83. The van der Waals surface area contributed by atoms with Gasteiger partial charge in [-0.2, -0.15) is 0 Å². The van der Waals surface area contributed by atoms with Gasteiger partial charge in [-0.15, -0.1) is 10.2 Å². The zero-order valence-electron chi connectivity index (χ0n) is 6.24. The Morgan fingerprint density at radius 1 is 1.15 bits per heavy atom. The van der Waals surface area contributed by atoms with Crippen molar-refractivity contribution in [3.63, 3.8) is 0 Å². The Balaban J connectivity index is 2.41. The average Bonchev–Trinajstić information content (AvgIpc) is 2.53. The summed E-state index contributed by atoms with van der Waals surface area (Å²) in [5.74, 6) is 0. The van der Waals surface area contributed by atoms with E-state index in [4.69, 9.17) is 0 Å². The van der Waals surface area contributed by atoms with Gasteiger partial charge in [-0.25, -0.2) is 0 Å². The molecule has 0 amide bonds. The van der Waals surface area contributed by atoms with Gasteiger partial charge in [0.25, 0.3) is 0 Å². The average molecular weight is 321 g/mol. The lowest BCUT2D eigenvalue weighted by Crippen LogP contribution is -1.81. The predicted molar refractivity (Wildman–Crippen MR) is 58.5 cm³/mol. The molecule has 13 heavy (non-hydrogen) atoms. The summed E-state index contributed by atoms with van der Waals surface area (Å²) in [5, 5.41) is 8.63. The summed E-state index contributed by atoms with van der Waals surface area (Å²) >= 11 is 8.03. The Morgan fingerprint density at radius 3 is 2.54 bits per heavy atom. The fourth-order valence-corrected chi connectivity index (χ4v) is 2.13. The van der Waals surface area contributed by atoms with Crippen molar-refractivity contribution >= 4 is 43.2 Å². The molecule has 0 radical (unpaired) electrons. The Labute approximate surface area is 95.5 Å². The van der Waals surface area contributed by atoms with E-state index in [1.807, 2.05) is 12.1 Å². The van der Waals surface area contributed by atoms with Gasteiger partial charge in [-0.05, 0) is 44.0 Å². The molecule has 0 saturated heterocycles. The van der Waals surface area contributed by atoms with E-state index in [0.717, 1.165) is 19.1 Å². The van der Waals surface area contributed by atoms with E-state index in [1.54, 1.807) is 6.20 Å². The minimum atomic E-state index is 0.771. The zero-order chi connectivity index (χ0) is 9.26. The van der Waals surface area contributed by atoms with Gasteiger partial charge in [0.2, 0.25) is 0 Å². The monoisotopic (exact) mass is 319 g/mol. The minimum Gasteiger partial charge on any atom is -0.252 e. The van der Waals surface area contributed by atoms with E-state index >= 15 is 0 Å². The van der Waals surface area contributed by atoms with Crippen molar-refractivity contribution in [2.24, 2.45) is 0 Å². The Kier molecular flexibility index (Phi) is 2.71. The zero-order valence-corrected chi connectivity index (χ0v) is 10.2. The van der Waals surface area contributed by atoms with Crippen molar-refractivity contribution in [1.29, 1.82) is 0 Å². The quantitative estimate of drug-likeness (QED) is 0.810. The largest absolute Gasteiger partial charge is 0.252 e. The van der Waals surface area contributed by atoms with Crippen molar-refractivity contribution in [3.05, 3.63) is 26.7 Å². The maximum Gasteiger partial charge on any atom is 0.183 e. The summed E-state index contributed by atoms with van der Waals surface area (Å²) in [6.45, 7) is 0. The summed E-state index contributed by atoms with van der Waals surface area (Å²) in [7, 11) is 0. The molecule has 0 aliphatic heterocycles. The second kappa shape index (κ2) is 3.81. The number of halogens is 2. The van der Waals surface area contributed by atoms with E-state index in [2.05, 4.69) is 47.0 Å². The number of hydrogen-bond donors (Lipinski definition) is 0. The van der Waals surface area contributed by atoms with Crippen molar-refractivity contribution in [2.75, 3.05) is 0 Å². The Morgan fingerprint density at radius 2 is 2.00 bits per heavy atom. The molecule has 66 valence electrons. The smallest absolute Gasteiger partial charge is 0.183 e. The lowest BCUT2D eigenvalue weighted by atomic mass is 10.4. The summed E-state index contributed by atoms with van der Waals surface area (Å²) < 4.78 is 1.73. The van der Waals surface area contributed by atoms with E-state index in [1.165, 1.54) is 11.3 Å². The molecule has 0 aliphatic carbocycles. The van der Waals surface area contributed by atoms with Crippen molar-refractivity contribution in [3.8, 4) is 10.7 Å². The molecule has 0 atom stereocenters. The maximum absolute atomic E-state index is 4.20. The molecule has 0 saturated carbocycles. The molecule has 0 N–H and O–H groups in total. The first kappa shape index (κ1) is 9.23. The first-order chi connectivity index (χ1) is 6.25. The third-order valence-corrected chi connectivity index (χ3v) is 3.19. The SMILES string of the molecule is Brc1ccc(-c2nnc(Br)s2)nc1. The highest BCUT2D eigenvalue weighted by Gasteiger charge is 2.04. The normalized spacial score (nSPS) is 10.3. The molecule has 0 fully saturated rings. The van der Waals surface area contributed by atoms with Crippen LogP contribution in [-0.2, 0) is 0 Å². The van der Waals surface area contributed by atoms with Gasteiger partial charge in [0, 0.05) is 10.7 Å². The molecule has 3 nitrogen and oxygen atoms in total. The number of nitrogens with zero attached hydrogens (tertiary/aromatic N) is 3. The molecule has 0 unspecified atom stereocenters. The van der Waals surface area contributed by atoms with Crippen molar-refractivity contribution < 1.29 is 0 Å². The predicted octanol–water partition coefficient (Wildman–Crippen LogP) is 3.13. The molecule has 2 rings (SSSR count). The van der Waals surface area contributed by atoms with Gasteiger partial charge in [0.1, 0.15) is 5.69 Å². The molecule has 2 heterocycles. The van der Waals surface area contributed by atoms with Crippen LogP contribution < -0.4 is 0 Å². The fraction of sp³-hybridized carbons (Fsp3) is 0. The van der Waals surface area contributed by atoms with Crippen LogP contribution >= 0.6 is 43.2 Å². The van der Waals surface area contributed by atoms with Gasteiger partial charge in [0.15, 0.2) is 8.92 Å². The van der Waals surface area contributed by atoms with Crippen molar-refractivity contribution in [2.45, 2.75) is 0 Å². The molecule has 0 aliphatic rings. The molecule has 0 spiro atoms. The van der Waals surface area contributed by atoms with Crippen LogP contribution in [0, 0.1) is 0 Å². The summed E-state index contributed by atoms with van der Waals surface area (Å²) in [4.78, 5) is 4.20. The van der Waals surface area contributed by atoms with E-state index in [-0.39, 0.29) is 0 Å². The molecule has 0 bridgehead atoms. The molecule has 2 aromatic rings. The lowest BCUT2D eigenvalue weighted by molar-refractivity contribution is 1.07. The highest BCUT2D eigenvalue weighted by atomic mass is 79.9. The van der Waals surface area contributed by atoms with E-state index in [0.29, 0.717) is 0 Å². The van der Waals surface area contributed by atoms with Gasteiger partial charge in [-0.3, -0.25) is 4.98 Å². The number of pyridine rings is 1. The van der Waals surface area contributed by atoms with Gasteiger partial charge in [-0.1, -0.05) is 11.3 Å². The Bertz CT molecular complexity index is 412. The van der Waals surface area contributed by atoms with E-state index in [9.17, 15) is 0 Å². The molecule has 2 aromatic heterocycles. The molecule has 6 heteroatoms. The highest BCUT2D eigenvalue weighted by molar-refractivity contribution is 9.11. The first-order valence-electron chi connectivity index (χ1n) is 3.36. The Hall–Kier alpha value is -0.330. The second-order valence-electron chi connectivity index (χ2n) is 2.22. The van der Waals surface area contributed by atoms with Crippen LogP contribution in [0.15, 0.2) is 26.7 Å². The third-order valence-electron chi connectivity index (χ3n) is 1.35. The number of hydrogen-bond acceptors (Lipinski definition) is 4. The second-order valence-corrected chi connectivity index (χ2v) is 5.39. The van der Waals surface area contributed by atoms with E-state index < -0.39 is 0 Å². The highest BCUT2D eigenvalue weighted by Crippen LogP contribution is 2.25. The molecular weight excluding hydrogens is 318 g/mol. The fourth-order valence-electron chi connectivity index (χ4n) is 0.811. The maximum atomic E-state index is 4.20. The topological polar surface area (TPSA) is 38.7 Å². The van der Waals surface area contributed by atoms with Crippen LogP contribution in [0.2, 0.25) is 0 Å². The van der Waals surface area contributed by atoms with Gasteiger partial charge < -0.3 is 0 Å². The van der Waals surface area contributed by atoms with Crippen LogP contribution in [0.3, 0.4) is 0 Å². The minimum absolute atomic E-state index is 0.771. The van der Waals surface area contributed by atoms with Crippen LogP contribution in [0.4, 0.5) is 0 Å². The summed E-state index contributed by atoms with van der Waals surface area (Å²) in [6.07, 6.45) is 1.74. The van der Waals surface area contributed by atoms with Crippen LogP contribution in [0.5, 0.6) is 0 Å². The standard InChI is InChI=1S/C7H3Br2N3S/c8-4-1-2-5(10-3-4)6-11-12-7(9)13-6/h1-3H. The van der Waals surface area contributed by atoms with Crippen LogP contribution in [0.25, 0.3) is 10.7 Å². The lowest BCUT2D eigenvalue weighted by Gasteiger charge is -1.92. The van der Waals surface area contributed by atoms with Gasteiger partial charge >= 0.3 is 0 Å². The van der Waals surface area contributed by atoms with Crippen LogP contribution in [0.1, 0.15) is 0 Å². The van der Waals surface area contributed by atoms with Crippen LogP contribution in [-0.4, -0.2) is 15.2 Å². The van der Waals surface area contributed by atoms with Crippen molar-refractivity contribution in [1.82, 2.24) is 15.2 Å². The number of aromatic nitrogens is 3.